The molecule has 2 aromatic rings. The minimum absolute atomic E-state index is 0.00562. The third-order valence-corrected chi connectivity index (χ3v) is 7.80. The fourth-order valence-corrected chi connectivity index (χ4v) is 5.87. The van der Waals surface area contributed by atoms with Crippen LogP contribution in [0.1, 0.15) is 25.1 Å². The number of esters is 2. The van der Waals surface area contributed by atoms with E-state index in [1.54, 1.807) is 5.38 Å². The van der Waals surface area contributed by atoms with Gasteiger partial charge >= 0.3 is 11.9 Å². The van der Waals surface area contributed by atoms with Crippen molar-refractivity contribution in [3.05, 3.63) is 63.8 Å². The van der Waals surface area contributed by atoms with E-state index in [2.05, 4.69) is 15.5 Å². The first-order valence-corrected chi connectivity index (χ1v) is 13.9. The number of thioether (sulfide) groups is 1. The van der Waals surface area contributed by atoms with Crippen molar-refractivity contribution >= 4 is 63.8 Å². The van der Waals surface area contributed by atoms with Gasteiger partial charge in [-0.15, -0.1) is 23.1 Å². The van der Waals surface area contributed by atoms with Gasteiger partial charge in [0, 0.05) is 23.6 Å². The highest BCUT2D eigenvalue weighted by Gasteiger charge is 2.54. The average Bonchev–Trinajstić information content (AvgIpc) is 3.37. The van der Waals surface area contributed by atoms with E-state index >= 15 is 0 Å². The predicted molar refractivity (Wildman–Crippen MR) is 150 cm³/mol. The Labute approximate surface area is 238 Å². The van der Waals surface area contributed by atoms with E-state index in [0.717, 1.165) is 22.5 Å². The molecule has 0 spiro atoms. The molecule has 0 radical (unpaired) electrons. The molecule has 0 saturated carbocycles. The molecule has 2 aliphatic rings. The van der Waals surface area contributed by atoms with Crippen LogP contribution >= 0.6 is 23.1 Å². The molecule has 210 valence electrons. The summed E-state index contributed by atoms with van der Waals surface area (Å²) in [7, 11) is 1.28. The number of nitrogens with two attached hydrogens (primary N) is 1. The van der Waals surface area contributed by atoms with Crippen molar-refractivity contribution in [1.82, 2.24) is 15.2 Å². The van der Waals surface area contributed by atoms with Crippen molar-refractivity contribution < 1.29 is 33.5 Å². The lowest BCUT2D eigenvalue weighted by Gasteiger charge is -2.49. The minimum atomic E-state index is -0.951. The van der Waals surface area contributed by atoms with Gasteiger partial charge in [-0.25, -0.2) is 9.78 Å². The Morgan fingerprint density at radius 2 is 1.98 bits per heavy atom. The molecule has 1 unspecified atom stereocenters. The molecule has 12 nitrogen and oxygen atoms in total. The molecular weight excluding hydrogens is 558 g/mol. The highest BCUT2D eigenvalue weighted by atomic mass is 32.2. The van der Waals surface area contributed by atoms with Gasteiger partial charge in [0.05, 0.1) is 0 Å². The minimum Gasteiger partial charge on any atom is -0.461 e. The zero-order valence-corrected chi connectivity index (χ0v) is 23.5. The molecule has 40 heavy (non-hydrogen) atoms. The van der Waals surface area contributed by atoms with Gasteiger partial charge < -0.3 is 25.4 Å². The summed E-state index contributed by atoms with van der Waals surface area (Å²) in [5.41, 5.74) is 7.91. The number of ether oxygens (including phenoxy) is 2. The Morgan fingerprint density at radius 3 is 2.62 bits per heavy atom. The zero-order chi connectivity index (χ0) is 28.8. The number of rotatable bonds is 10. The van der Waals surface area contributed by atoms with E-state index in [9.17, 15) is 19.2 Å². The highest BCUT2D eigenvalue weighted by molar-refractivity contribution is 8.00. The van der Waals surface area contributed by atoms with Crippen LogP contribution in [-0.2, 0) is 33.5 Å². The second-order valence-corrected chi connectivity index (χ2v) is 10.8. The zero-order valence-electron chi connectivity index (χ0n) is 21.9. The number of fused-ring (bicyclic) bond motifs is 1. The standard InChI is InChI=1S/C26H27N5O7S2/c1-14(9-16-7-5-4-6-8-16)10-38-25(35)21-17(11-37-15(2)32)12-39-24-20(23(34)31(21)24)29-22(33)19(30-36-3)18-13-40-26(27)28-18/h4-9,13,20,24H,10-12H2,1-3H3,(H2,27,28)(H,29,33)/t20?,24-/m0/s1. The molecule has 1 aromatic heterocycles. The molecule has 0 aliphatic carbocycles. The van der Waals surface area contributed by atoms with Crippen LogP contribution in [0.3, 0.4) is 0 Å². The number of thiazole rings is 1. The third kappa shape index (κ3) is 6.51. The van der Waals surface area contributed by atoms with Crippen LogP contribution in [0.5, 0.6) is 0 Å². The first-order valence-electron chi connectivity index (χ1n) is 12.0. The smallest absolute Gasteiger partial charge is 0.355 e. The Morgan fingerprint density at radius 1 is 1.23 bits per heavy atom. The Kier molecular flexibility index (Phi) is 9.22. The van der Waals surface area contributed by atoms with Gasteiger partial charge in [-0.3, -0.25) is 19.3 Å². The first-order chi connectivity index (χ1) is 19.2. The second kappa shape index (κ2) is 12.8. The maximum absolute atomic E-state index is 13.3. The lowest BCUT2D eigenvalue weighted by molar-refractivity contribution is -0.152. The monoisotopic (exact) mass is 585 g/mol. The van der Waals surface area contributed by atoms with Crippen molar-refractivity contribution in [3.63, 3.8) is 0 Å². The number of oxime groups is 1. The van der Waals surface area contributed by atoms with Gasteiger partial charge in [0.1, 0.15) is 43.1 Å². The molecule has 2 atom stereocenters. The van der Waals surface area contributed by atoms with Gasteiger partial charge in [0.25, 0.3) is 11.8 Å². The van der Waals surface area contributed by atoms with E-state index in [4.69, 9.17) is 20.0 Å². The molecule has 3 N–H and O–H groups in total. The lowest BCUT2D eigenvalue weighted by atomic mass is 10.0. The topological polar surface area (TPSA) is 163 Å². The summed E-state index contributed by atoms with van der Waals surface area (Å²) in [6.45, 7) is 2.90. The Bertz CT molecular complexity index is 1400. The highest BCUT2D eigenvalue weighted by Crippen LogP contribution is 2.41. The summed E-state index contributed by atoms with van der Waals surface area (Å²) < 4.78 is 10.7. The van der Waals surface area contributed by atoms with Crippen LogP contribution in [0.15, 0.2) is 57.7 Å². The quantitative estimate of drug-likeness (QED) is 0.182. The van der Waals surface area contributed by atoms with E-state index in [0.29, 0.717) is 5.57 Å². The van der Waals surface area contributed by atoms with E-state index in [1.807, 2.05) is 43.3 Å². The van der Waals surface area contributed by atoms with Crippen molar-refractivity contribution in [2.24, 2.45) is 5.16 Å². The number of amides is 2. The van der Waals surface area contributed by atoms with Crippen LogP contribution in [0.25, 0.3) is 6.08 Å². The number of anilines is 1. The maximum atomic E-state index is 13.3. The van der Waals surface area contributed by atoms with Gasteiger partial charge in [-0.1, -0.05) is 41.6 Å². The Hall–Kier alpha value is -4.17. The van der Waals surface area contributed by atoms with Gasteiger partial charge in [-0.2, -0.15) is 0 Å². The van der Waals surface area contributed by atoms with Crippen LogP contribution in [0, 0.1) is 0 Å². The fourth-order valence-electron chi connectivity index (χ4n) is 4.00. The number of aromatic nitrogens is 1. The summed E-state index contributed by atoms with van der Waals surface area (Å²) in [5.74, 6) is -2.19. The number of benzene rings is 1. The number of hydrogen-bond acceptors (Lipinski definition) is 12. The van der Waals surface area contributed by atoms with Crippen LogP contribution in [-0.4, -0.2) is 76.8 Å². The summed E-state index contributed by atoms with van der Waals surface area (Å²) in [5, 5.41) is 7.58. The molecule has 4 rings (SSSR count). The molecule has 1 fully saturated rings. The van der Waals surface area contributed by atoms with Crippen molar-refractivity contribution in [2.45, 2.75) is 25.3 Å². The normalized spacial score (nSPS) is 19.0. The molecule has 3 heterocycles. The molecule has 1 aromatic carbocycles. The largest absolute Gasteiger partial charge is 0.461 e. The van der Waals surface area contributed by atoms with E-state index in [-0.39, 0.29) is 41.2 Å². The summed E-state index contributed by atoms with van der Waals surface area (Å²) in [4.78, 5) is 61.1. The van der Waals surface area contributed by atoms with E-state index in [1.165, 1.54) is 30.7 Å². The fraction of sp³-hybridized carbons (Fsp3) is 0.308. The van der Waals surface area contributed by atoms with Crippen molar-refractivity contribution in [1.29, 1.82) is 0 Å². The van der Waals surface area contributed by atoms with Gasteiger partial charge in [-0.05, 0) is 18.1 Å². The number of carbonyl (C=O) groups excluding carboxylic acids is 4. The lowest BCUT2D eigenvalue weighted by Crippen LogP contribution is -2.71. The first kappa shape index (κ1) is 28.8. The Balaban J connectivity index is 1.50. The number of nitrogens with zero attached hydrogens (tertiary/aromatic N) is 3. The number of nitrogen functional groups attached to an aromatic ring is 1. The van der Waals surface area contributed by atoms with Crippen LogP contribution in [0.4, 0.5) is 5.13 Å². The number of nitrogens with one attached hydrogen (secondary N) is 1. The third-order valence-electron chi connectivity index (χ3n) is 5.78. The SMILES string of the molecule is CON=C(C(=O)NC1C(=O)N2C(C(=O)OCC(C)=Cc3ccccc3)=C(COC(C)=O)CS[C@@H]12)c1csc(N)n1. The van der Waals surface area contributed by atoms with Crippen molar-refractivity contribution in [3.8, 4) is 0 Å². The number of β-lactam (4-membered cyclic amide) rings is 1. The predicted octanol–water partition coefficient (Wildman–Crippen LogP) is 1.94. The molecule has 2 amide bonds. The van der Waals surface area contributed by atoms with Crippen LogP contribution < -0.4 is 11.1 Å². The summed E-state index contributed by atoms with van der Waals surface area (Å²) in [6, 6.07) is 8.60. The molecule has 14 heteroatoms. The molecule has 0 bridgehead atoms. The van der Waals surface area contributed by atoms with Gasteiger partial charge in [0.15, 0.2) is 10.8 Å². The van der Waals surface area contributed by atoms with Crippen molar-refractivity contribution in [2.75, 3.05) is 31.8 Å². The molecular formula is C26H27N5O7S2. The molecule has 2 aliphatic heterocycles. The number of hydrogen-bond donors (Lipinski definition) is 2. The number of carbonyl (C=O) groups is 4. The second-order valence-electron chi connectivity index (χ2n) is 8.76. The molecule has 1 saturated heterocycles. The maximum Gasteiger partial charge on any atom is 0.355 e. The summed E-state index contributed by atoms with van der Waals surface area (Å²) in [6.07, 6.45) is 1.89. The van der Waals surface area contributed by atoms with Gasteiger partial charge in [0.2, 0.25) is 0 Å². The summed E-state index contributed by atoms with van der Waals surface area (Å²) >= 11 is 2.44. The van der Waals surface area contributed by atoms with Crippen LogP contribution in [0.2, 0.25) is 0 Å². The average molecular weight is 586 g/mol. The van der Waals surface area contributed by atoms with E-state index < -0.39 is 35.2 Å².